The fraction of sp³-hybridized carbons (Fsp3) is 0.0526. The van der Waals surface area contributed by atoms with E-state index in [0.29, 0.717) is 17.1 Å². The molecule has 0 spiro atoms. The smallest absolute Gasteiger partial charge is 0.251 e. The zero-order valence-electron chi connectivity index (χ0n) is 12.4. The molecule has 0 aliphatic rings. The third-order valence-corrected chi connectivity index (χ3v) is 3.70. The lowest BCUT2D eigenvalue weighted by molar-refractivity contribution is 0.0951. The zero-order valence-corrected chi connectivity index (χ0v) is 13.1. The lowest BCUT2D eigenvalue weighted by atomic mass is 10.1. The van der Waals surface area contributed by atoms with Crippen molar-refractivity contribution in [3.63, 3.8) is 0 Å². The summed E-state index contributed by atoms with van der Waals surface area (Å²) in [5.41, 5.74) is 3.41. The summed E-state index contributed by atoms with van der Waals surface area (Å²) in [5, 5.41) is 3.46. The summed E-state index contributed by atoms with van der Waals surface area (Å²) < 4.78 is 0. The van der Waals surface area contributed by atoms with Crippen molar-refractivity contribution < 1.29 is 4.79 Å². The average Bonchev–Trinajstić information content (AvgIpc) is 2.60. The molecule has 1 N–H and O–H groups in total. The molecule has 4 heteroatoms. The highest BCUT2D eigenvalue weighted by atomic mass is 35.5. The summed E-state index contributed by atoms with van der Waals surface area (Å²) in [4.78, 5) is 16.7. The highest BCUT2D eigenvalue weighted by Crippen LogP contribution is 2.20. The Morgan fingerprint density at radius 3 is 2.61 bits per heavy atom. The van der Waals surface area contributed by atoms with Crippen molar-refractivity contribution in [1.29, 1.82) is 0 Å². The molecule has 0 aliphatic heterocycles. The van der Waals surface area contributed by atoms with Crippen LogP contribution in [0.5, 0.6) is 0 Å². The summed E-state index contributed by atoms with van der Waals surface area (Å²) in [6.45, 7) is 0.406. The molecule has 0 radical (unpaired) electrons. The van der Waals surface area contributed by atoms with Crippen LogP contribution in [0.3, 0.4) is 0 Å². The molecule has 114 valence electrons. The maximum atomic E-state index is 12.2. The van der Waals surface area contributed by atoms with Gasteiger partial charge in [-0.1, -0.05) is 54.1 Å². The van der Waals surface area contributed by atoms with E-state index in [2.05, 4.69) is 10.3 Å². The maximum Gasteiger partial charge on any atom is 0.251 e. The number of nitrogens with one attached hydrogen (secondary N) is 1. The van der Waals surface area contributed by atoms with Crippen molar-refractivity contribution in [2.24, 2.45) is 0 Å². The molecular formula is C19H15ClN2O. The molecule has 3 nitrogen and oxygen atoms in total. The Morgan fingerprint density at radius 2 is 1.83 bits per heavy atom. The molecule has 0 saturated carbocycles. The molecule has 0 aliphatic carbocycles. The van der Waals surface area contributed by atoms with Gasteiger partial charge in [0.15, 0.2) is 0 Å². The van der Waals surface area contributed by atoms with Crippen LogP contribution in [-0.4, -0.2) is 10.9 Å². The van der Waals surface area contributed by atoms with Crippen molar-refractivity contribution in [3.8, 4) is 11.3 Å². The van der Waals surface area contributed by atoms with Gasteiger partial charge < -0.3 is 5.32 Å². The van der Waals surface area contributed by atoms with Gasteiger partial charge >= 0.3 is 0 Å². The zero-order chi connectivity index (χ0) is 16.1. The van der Waals surface area contributed by atoms with Crippen molar-refractivity contribution in [1.82, 2.24) is 10.3 Å². The molecule has 0 unspecified atom stereocenters. The van der Waals surface area contributed by atoms with Gasteiger partial charge in [0.2, 0.25) is 0 Å². The van der Waals surface area contributed by atoms with Crippen molar-refractivity contribution >= 4 is 17.5 Å². The lowest BCUT2D eigenvalue weighted by Crippen LogP contribution is -2.23. The summed E-state index contributed by atoms with van der Waals surface area (Å²) in [6, 6.07) is 20.6. The van der Waals surface area contributed by atoms with Gasteiger partial charge in [0, 0.05) is 28.9 Å². The van der Waals surface area contributed by atoms with Crippen molar-refractivity contribution in [2.75, 3.05) is 0 Å². The van der Waals surface area contributed by atoms with E-state index in [9.17, 15) is 4.79 Å². The average molecular weight is 323 g/mol. The summed E-state index contributed by atoms with van der Waals surface area (Å²) in [5.74, 6) is -0.157. The minimum atomic E-state index is -0.157. The number of hydrogen-bond donors (Lipinski definition) is 1. The van der Waals surface area contributed by atoms with E-state index < -0.39 is 0 Å². The third-order valence-electron chi connectivity index (χ3n) is 3.46. The van der Waals surface area contributed by atoms with E-state index in [-0.39, 0.29) is 5.91 Å². The van der Waals surface area contributed by atoms with Gasteiger partial charge in [-0.2, -0.15) is 0 Å². The fourth-order valence-electron chi connectivity index (χ4n) is 2.34. The molecule has 3 aromatic rings. The van der Waals surface area contributed by atoms with Crippen molar-refractivity contribution in [2.45, 2.75) is 6.54 Å². The molecular weight excluding hydrogens is 308 g/mol. The first-order chi connectivity index (χ1) is 11.2. The van der Waals surface area contributed by atoms with Crippen molar-refractivity contribution in [3.05, 3.63) is 89.1 Å². The fourth-order valence-corrected chi connectivity index (χ4v) is 2.53. The second-order valence-corrected chi connectivity index (χ2v) is 5.51. The van der Waals surface area contributed by atoms with Crippen LogP contribution in [-0.2, 0) is 6.54 Å². The summed E-state index contributed by atoms with van der Waals surface area (Å²) in [6.07, 6.45) is 1.75. The minimum Gasteiger partial charge on any atom is -0.348 e. The molecule has 1 aromatic heterocycles. The number of aromatic nitrogens is 1. The maximum absolute atomic E-state index is 12.2. The van der Waals surface area contributed by atoms with E-state index in [1.807, 2.05) is 42.5 Å². The van der Waals surface area contributed by atoms with Crippen LogP contribution in [0, 0.1) is 0 Å². The molecule has 0 atom stereocenters. The Bertz CT molecular complexity index is 818. The molecule has 0 fully saturated rings. The summed E-state index contributed by atoms with van der Waals surface area (Å²) >= 11 is 5.92. The number of pyridine rings is 1. The molecule has 23 heavy (non-hydrogen) atoms. The Hall–Kier alpha value is -2.65. The minimum absolute atomic E-state index is 0.157. The van der Waals surface area contributed by atoms with Crippen LogP contribution in [0.15, 0.2) is 72.9 Å². The number of amides is 1. The molecule has 0 bridgehead atoms. The monoisotopic (exact) mass is 322 g/mol. The van der Waals surface area contributed by atoms with Gasteiger partial charge in [0.25, 0.3) is 5.91 Å². The number of carbonyl (C=O) groups is 1. The van der Waals surface area contributed by atoms with Gasteiger partial charge in [0.1, 0.15) is 0 Å². The molecule has 0 saturated heterocycles. The number of rotatable bonds is 4. The lowest BCUT2D eigenvalue weighted by Gasteiger charge is -2.10. The second-order valence-electron chi connectivity index (χ2n) is 5.07. The quantitative estimate of drug-likeness (QED) is 0.776. The van der Waals surface area contributed by atoms with Gasteiger partial charge in [0.05, 0.1) is 5.69 Å². The van der Waals surface area contributed by atoms with E-state index in [1.165, 1.54) is 0 Å². The normalized spacial score (nSPS) is 10.3. The molecule has 3 rings (SSSR count). The van der Waals surface area contributed by atoms with Gasteiger partial charge in [-0.05, 0) is 29.8 Å². The Labute approximate surface area is 140 Å². The number of hydrogen-bond acceptors (Lipinski definition) is 2. The van der Waals surface area contributed by atoms with E-state index in [1.54, 1.807) is 30.5 Å². The van der Waals surface area contributed by atoms with E-state index >= 15 is 0 Å². The van der Waals surface area contributed by atoms with E-state index in [4.69, 9.17) is 11.6 Å². The second kappa shape index (κ2) is 7.07. The first kappa shape index (κ1) is 15.3. The molecule has 1 heterocycles. The third kappa shape index (κ3) is 3.76. The standard InChI is InChI=1S/C19H15ClN2O/c20-17-10-4-8-15(12-17)19(23)22-13-16-9-5-11-21-18(16)14-6-2-1-3-7-14/h1-12H,13H2,(H,22,23). The molecule has 2 aromatic carbocycles. The first-order valence-electron chi connectivity index (χ1n) is 7.27. The number of benzene rings is 2. The summed E-state index contributed by atoms with van der Waals surface area (Å²) in [7, 11) is 0. The van der Waals surface area contributed by atoms with E-state index in [0.717, 1.165) is 16.8 Å². The van der Waals surface area contributed by atoms with Crippen LogP contribution >= 0.6 is 11.6 Å². The van der Waals surface area contributed by atoms with Gasteiger partial charge in [-0.15, -0.1) is 0 Å². The predicted molar refractivity (Wildman–Crippen MR) is 92.3 cm³/mol. The SMILES string of the molecule is O=C(NCc1cccnc1-c1ccccc1)c1cccc(Cl)c1. The topological polar surface area (TPSA) is 42.0 Å². The first-order valence-corrected chi connectivity index (χ1v) is 7.65. The van der Waals surface area contributed by atoms with Crippen LogP contribution < -0.4 is 5.32 Å². The number of nitrogens with zero attached hydrogens (tertiary/aromatic N) is 1. The van der Waals surface area contributed by atoms with Crippen LogP contribution in [0.4, 0.5) is 0 Å². The van der Waals surface area contributed by atoms with Crippen LogP contribution in [0.2, 0.25) is 5.02 Å². The highest BCUT2D eigenvalue weighted by Gasteiger charge is 2.09. The predicted octanol–water partition coefficient (Wildman–Crippen LogP) is 4.33. The van der Waals surface area contributed by atoms with Crippen LogP contribution in [0.1, 0.15) is 15.9 Å². The highest BCUT2D eigenvalue weighted by molar-refractivity contribution is 6.30. The van der Waals surface area contributed by atoms with Gasteiger partial charge in [-0.25, -0.2) is 0 Å². The van der Waals surface area contributed by atoms with Gasteiger partial charge in [-0.3, -0.25) is 9.78 Å². The Kier molecular flexibility index (Phi) is 4.69. The Morgan fingerprint density at radius 1 is 1.00 bits per heavy atom. The van der Waals surface area contributed by atoms with Crippen LogP contribution in [0.25, 0.3) is 11.3 Å². The number of halogens is 1. The number of carbonyl (C=O) groups excluding carboxylic acids is 1. The largest absolute Gasteiger partial charge is 0.348 e. The molecule has 1 amide bonds. The Balaban J connectivity index is 1.78.